The Labute approximate surface area is 212 Å². The summed E-state index contributed by atoms with van der Waals surface area (Å²) in [6, 6.07) is 2.90. The van der Waals surface area contributed by atoms with E-state index < -0.39 is 54.5 Å². The van der Waals surface area contributed by atoms with Gasteiger partial charge in [0, 0.05) is 29.3 Å². The highest BCUT2D eigenvalue weighted by molar-refractivity contribution is 7.98. The first-order valence-corrected chi connectivity index (χ1v) is 12.9. The molecule has 0 radical (unpaired) electrons. The molecular formula is C22H31N5O6S2. The second kappa shape index (κ2) is 14.0. The van der Waals surface area contributed by atoms with Gasteiger partial charge in [-0.1, -0.05) is 18.2 Å². The van der Waals surface area contributed by atoms with Gasteiger partial charge in [0.1, 0.15) is 18.1 Å². The van der Waals surface area contributed by atoms with E-state index in [-0.39, 0.29) is 18.6 Å². The van der Waals surface area contributed by atoms with Crippen LogP contribution in [0.5, 0.6) is 0 Å². The number of para-hydroxylation sites is 1. The van der Waals surface area contributed by atoms with E-state index in [2.05, 4.69) is 33.6 Å². The number of aliphatic hydroxyl groups is 1. The van der Waals surface area contributed by atoms with Crippen molar-refractivity contribution in [1.29, 1.82) is 0 Å². The van der Waals surface area contributed by atoms with Crippen molar-refractivity contribution >= 4 is 59.0 Å². The molecule has 1 aromatic carbocycles. The number of carbonyl (C=O) groups is 4. The van der Waals surface area contributed by atoms with Gasteiger partial charge in [-0.15, -0.1) is 0 Å². The number of nitrogens with two attached hydrogens (primary N) is 1. The Hall–Kier alpha value is -2.74. The Kier molecular flexibility index (Phi) is 11.4. The molecule has 3 amide bonds. The van der Waals surface area contributed by atoms with Crippen molar-refractivity contribution in [2.45, 2.75) is 37.0 Å². The smallest absolute Gasteiger partial charge is 0.328 e. The topological polar surface area (TPSA) is 187 Å². The molecule has 0 saturated heterocycles. The zero-order valence-electron chi connectivity index (χ0n) is 19.2. The number of H-pyrrole nitrogens is 1. The fourth-order valence-corrected chi connectivity index (χ4v) is 3.96. The summed E-state index contributed by atoms with van der Waals surface area (Å²) in [6.45, 7) is -0.800. The molecule has 1 heterocycles. The van der Waals surface area contributed by atoms with Crippen molar-refractivity contribution in [3.63, 3.8) is 0 Å². The van der Waals surface area contributed by atoms with E-state index in [1.54, 1.807) is 6.20 Å². The van der Waals surface area contributed by atoms with Gasteiger partial charge in [0.05, 0.1) is 12.6 Å². The third-order valence-electron chi connectivity index (χ3n) is 5.31. The molecule has 0 saturated carbocycles. The van der Waals surface area contributed by atoms with Gasteiger partial charge < -0.3 is 36.9 Å². The number of aliphatic carboxylic acids is 1. The SMILES string of the molecule is CSCCC(NC(=O)C(Cc1c[nH]c2ccccc12)NC(=O)C(N)CS)C(=O)NC(CO)C(=O)O. The second-order valence-corrected chi connectivity index (χ2v) is 9.19. The highest BCUT2D eigenvalue weighted by Gasteiger charge is 2.30. The molecule has 2 aromatic rings. The van der Waals surface area contributed by atoms with Crippen LogP contribution in [-0.4, -0.2) is 87.4 Å². The van der Waals surface area contributed by atoms with E-state index in [4.69, 9.17) is 10.8 Å². The molecule has 4 unspecified atom stereocenters. The number of hydrogen-bond donors (Lipinski definition) is 8. The third-order valence-corrected chi connectivity index (χ3v) is 6.34. The van der Waals surface area contributed by atoms with E-state index in [9.17, 15) is 24.3 Å². The van der Waals surface area contributed by atoms with E-state index in [0.29, 0.717) is 5.75 Å². The number of aliphatic hydroxyl groups excluding tert-OH is 1. The number of thioether (sulfide) groups is 1. The third kappa shape index (κ3) is 8.16. The largest absolute Gasteiger partial charge is 0.480 e. The molecule has 4 atom stereocenters. The number of hydrogen-bond acceptors (Lipinski definition) is 8. The van der Waals surface area contributed by atoms with Crippen LogP contribution in [0.3, 0.4) is 0 Å². The van der Waals surface area contributed by atoms with Crippen molar-refractivity contribution in [2.75, 3.05) is 24.4 Å². The first-order valence-electron chi connectivity index (χ1n) is 10.9. The molecule has 2 rings (SSSR count). The molecule has 192 valence electrons. The molecule has 0 fully saturated rings. The lowest BCUT2D eigenvalue weighted by molar-refractivity contribution is -0.143. The fourth-order valence-electron chi connectivity index (χ4n) is 3.33. The summed E-state index contributed by atoms with van der Waals surface area (Å²) in [6.07, 6.45) is 3.89. The van der Waals surface area contributed by atoms with Crippen molar-refractivity contribution in [3.8, 4) is 0 Å². The van der Waals surface area contributed by atoms with Crippen LogP contribution in [-0.2, 0) is 25.6 Å². The van der Waals surface area contributed by atoms with Crippen LogP contribution < -0.4 is 21.7 Å². The van der Waals surface area contributed by atoms with Gasteiger partial charge in [-0.2, -0.15) is 24.4 Å². The maximum atomic E-state index is 13.3. The predicted octanol–water partition coefficient (Wildman–Crippen LogP) is -0.748. The van der Waals surface area contributed by atoms with Crippen LogP contribution in [0.15, 0.2) is 30.5 Å². The summed E-state index contributed by atoms with van der Waals surface area (Å²) >= 11 is 5.47. The van der Waals surface area contributed by atoms with E-state index in [0.717, 1.165) is 16.5 Å². The first kappa shape index (κ1) is 28.5. The minimum atomic E-state index is -1.51. The van der Waals surface area contributed by atoms with Gasteiger partial charge in [0.15, 0.2) is 0 Å². The maximum Gasteiger partial charge on any atom is 0.328 e. The van der Waals surface area contributed by atoms with Crippen molar-refractivity contribution in [3.05, 3.63) is 36.0 Å². The van der Waals surface area contributed by atoms with Gasteiger partial charge in [-0.25, -0.2) is 4.79 Å². The van der Waals surface area contributed by atoms with Crippen LogP contribution >= 0.6 is 24.4 Å². The normalized spacial score (nSPS) is 14.5. The van der Waals surface area contributed by atoms with Gasteiger partial charge in [-0.3, -0.25) is 14.4 Å². The van der Waals surface area contributed by atoms with Crippen LogP contribution in [0.2, 0.25) is 0 Å². The van der Waals surface area contributed by atoms with Gasteiger partial charge in [0.25, 0.3) is 0 Å². The molecule has 35 heavy (non-hydrogen) atoms. The van der Waals surface area contributed by atoms with Crippen LogP contribution in [0, 0.1) is 0 Å². The number of nitrogens with one attached hydrogen (secondary N) is 4. The minimum absolute atomic E-state index is 0.0732. The zero-order chi connectivity index (χ0) is 26.0. The Balaban J connectivity index is 2.26. The molecule has 11 nitrogen and oxygen atoms in total. The number of fused-ring (bicyclic) bond motifs is 1. The van der Waals surface area contributed by atoms with Gasteiger partial charge >= 0.3 is 5.97 Å². The Morgan fingerprint density at radius 2 is 1.69 bits per heavy atom. The number of aromatic nitrogens is 1. The number of carboxylic acid groups (broad SMARTS) is 1. The van der Waals surface area contributed by atoms with E-state index >= 15 is 0 Å². The van der Waals surface area contributed by atoms with E-state index in [1.165, 1.54) is 11.8 Å². The predicted molar refractivity (Wildman–Crippen MR) is 137 cm³/mol. The number of thiol groups is 1. The highest BCUT2D eigenvalue weighted by atomic mass is 32.2. The highest BCUT2D eigenvalue weighted by Crippen LogP contribution is 2.19. The average molecular weight is 526 g/mol. The Morgan fingerprint density at radius 3 is 2.31 bits per heavy atom. The molecule has 0 bridgehead atoms. The maximum absolute atomic E-state index is 13.3. The quantitative estimate of drug-likeness (QED) is 0.148. The summed E-state index contributed by atoms with van der Waals surface area (Å²) in [7, 11) is 0. The monoisotopic (exact) mass is 525 g/mol. The van der Waals surface area contributed by atoms with Gasteiger partial charge in [-0.05, 0) is 30.1 Å². The van der Waals surface area contributed by atoms with Crippen LogP contribution in [0.4, 0.5) is 0 Å². The standard InChI is InChI=1S/C22H31N5O6S2/c1-35-7-6-16(20(30)27-18(10-28)22(32)33)25-21(31)17(26-19(29)14(23)11-34)8-12-9-24-15-5-3-2-4-13(12)15/h2-5,9,14,16-18,24,28,34H,6-8,10-11,23H2,1H3,(H,25,31)(H,26,29)(H,27,30)(H,32,33). The molecular weight excluding hydrogens is 494 g/mol. The summed E-state index contributed by atoms with van der Waals surface area (Å²) in [4.78, 5) is 52.8. The van der Waals surface area contributed by atoms with Crippen LogP contribution in [0.25, 0.3) is 10.9 Å². The van der Waals surface area contributed by atoms with Crippen molar-refractivity contribution in [1.82, 2.24) is 20.9 Å². The molecule has 8 N–H and O–H groups in total. The van der Waals surface area contributed by atoms with Crippen molar-refractivity contribution in [2.24, 2.45) is 5.73 Å². The summed E-state index contributed by atoms with van der Waals surface area (Å²) < 4.78 is 0. The molecule has 0 aliphatic heterocycles. The lowest BCUT2D eigenvalue weighted by atomic mass is 10.0. The van der Waals surface area contributed by atoms with Gasteiger partial charge in [0.2, 0.25) is 17.7 Å². The minimum Gasteiger partial charge on any atom is -0.480 e. The molecule has 0 aliphatic rings. The van der Waals surface area contributed by atoms with Crippen LogP contribution in [0.1, 0.15) is 12.0 Å². The first-order chi connectivity index (χ1) is 16.7. The molecule has 0 aliphatic carbocycles. The number of aromatic amines is 1. The summed E-state index contributed by atoms with van der Waals surface area (Å²) in [5.74, 6) is -2.79. The van der Waals surface area contributed by atoms with Crippen molar-refractivity contribution < 1.29 is 29.4 Å². The lowest BCUT2D eigenvalue weighted by Crippen LogP contribution is -2.58. The summed E-state index contributed by atoms with van der Waals surface area (Å²) in [5.41, 5.74) is 7.41. The molecule has 0 spiro atoms. The zero-order valence-corrected chi connectivity index (χ0v) is 20.9. The number of rotatable bonds is 14. The fraction of sp³-hybridized carbons (Fsp3) is 0.455. The second-order valence-electron chi connectivity index (χ2n) is 7.84. The Morgan fingerprint density at radius 1 is 1.06 bits per heavy atom. The molecule has 1 aromatic heterocycles. The number of carboxylic acids is 1. The average Bonchev–Trinajstić information content (AvgIpc) is 3.26. The molecule has 13 heteroatoms. The number of amides is 3. The number of carbonyl (C=O) groups excluding carboxylic acids is 3. The lowest BCUT2D eigenvalue weighted by Gasteiger charge is -2.24. The number of benzene rings is 1. The summed E-state index contributed by atoms with van der Waals surface area (Å²) in [5, 5.41) is 26.7. The Bertz CT molecular complexity index is 1030. The van der Waals surface area contributed by atoms with E-state index in [1.807, 2.05) is 30.5 Å².